The van der Waals surface area contributed by atoms with E-state index in [9.17, 15) is 10.1 Å². The molecule has 4 aromatic rings. The van der Waals surface area contributed by atoms with Gasteiger partial charge in [0, 0.05) is 48.7 Å². The maximum absolute atomic E-state index is 13.4. The molecule has 1 amide bonds. The number of carbonyl (C=O) groups is 1. The van der Waals surface area contributed by atoms with E-state index in [2.05, 4.69) is 11.1 Å². The summed E-state index contributed by atoms with van der Waals surface area (Å²) in [5.74, 6) is 2.18. The van der Waals surface area contributed by atoms with Crippen molar-refractivity contribution in [2.24, 2.45) is 5.92 Å². The highest BCUT2D eigenvalue weighted by Gasteiger charge is 2.73. The van der Waals surface area contributed by atoms with Gasteiger partial charge in [-0.1, -0.05) is 6.07 Å². The molecule has 2 aromatic heterocycles. The number of hydrogen-bond acceptors (Lipinski definition) is 8. The van der Waals surface area contributed by atoms with E-state index in [0.29, 0.717) is 65.2 Å². The Bertz CT molecular complexity index is 1770. The van der Waals surface area contributed by atoms with E-state index in [1.54, 1.807) is 19.4 Å². The lowest BCUT2D eigenvalue weighted by Crippen LogP contribution is -2.55. The zero-order valence-electron chi connectivity index (χ0n) is 23.2. The molecule has 0 radical (unpaired) electrons. The first-order chi connectivity index (χ1) is 20.6. The maximum Gasteiger partial charge on any atom is 0.254 e. The standard InChI is InChI=1S/C33H29N3O6/c1-38-28-13-20(32(37)36-17-22-15-33(22)30(36)18-40-33)2-4-25(28)29-14-26-31(42-29)24(6-9-35-26)19-3-5-27(21(12-19)16-34)41-23-7-10-39-11-8-23/h2-6,9,12-14,22-23,30H,7-8,10-11,15,17-18H2,1H3. The second-order valence-corrected chi connectivity index (χ2v) is 11.5. The molecule has 42 heavy (non-hydrogen) atoms. The maximum atomic E-state index is 13.4. The van der Waals surface area contributed by atoms with Crippen LogP contribution in [0.1, 0.15) is 35.2 Å². The van der Waals surface area contributed by atoms with Crippen molar-refractivity contribution in [1.82, 2.24) is 9.88 Å². The van der Waals surface area contributed by atoms with Crippen LogP contribution in [-0.4, -0.2) is 67.0 Å². The molecule has 3 atom stereocenters. The summed E-state index contributed by atoms with van der Waals surface area (Å²) in [6.45, 7) is 2.70. The number of aromatic nitrogens is 1. The van der Waals surface area contributed by atoms with Crippen molar-refractivity contribution >= 4 is 17.0 Å². The van der Waals surface area contributed by atoms with Crippen molar-refractivity contribution in [1.29, 1.82) is 5.26 Å². The van der Waals surface area contributed by atoms with Gasteiger partial charge in [-0.05, 0) is 48.4 Å². The smallest absolute Gasteiger partial charge is 0.254 e. The molecule has 4 fully saturated rings. The lowest BCUT2D eigenvalue weighted by atomic mass is 10.0. The largest absolute Gasteiger partial charge is 0.496 e. The lowest BCUT2D eigenvalue weighted by molar-refractivity contribution is -0.123. The first-order valence-electron chi connectivity index (χ1n) is 14.4. The molecule has 9 heteroatoms. The van der Waals surface area contributed by atoms with Gasteiger partial charge >= 0.3 is 0 Å². The molecule has 9 nitrogen and oxygen atoms in total. The molecule has 8 rings (SSSR count). The number of pyridine rings is 1. The zero-order chi connectivity index (χ0) is 28.4. The lowest BCUT2D eigenvalue weighted by Gasteiger charge is -2.40. The minimum atomic E-state index is -0.0646. The summed E-state index contributed by atoms with van der Waals surface area (Å²) >= 11 is 0. The van der Waals surface area contributed by atoms with Gasteiger partial charge in [0.2, 0.25) is 0 Å². The summed E-state index contributed by atoms with van der Waals surface area (Å²) in [5, 5.41) is 9.88. The second-order valence-electron chi connectivity index (χ2n) is 11.5. The van der Waals surface area contributed by atoms with E-state index in [4.69, 9.17) is 23.4 Å². The monoisotopic (exact) mass is 563 g/mol. The van der Waals surface area contributed by atoms with Gasteiger partial charge < -0.3 is 28.3 Å². The van der Waals surface area contributed by atoms with Gasteiger partial charge in [0.1, 0.15) is 34.9 Å². The van der Waals surface area contributed by atoms with Crippen LogP contribution in [0.15, 0.2) is 59.1 Å². The molecule has 1 spiro atoms. The molecule has 4 aliphatic rings. The quantitative estimate of drug-likeness (QED) is 0.315. The highest BCUT2D eigenvalue weighted by atomic mass is 16.5. The Balaban J connectivity index is 1.09. The zero-order valence-corrected chi connectivity index (χ0v) is 23.2. The number of hydrogen-bond donors (Lipinski definition) is 0. The van der Waals surface area contributed by atoms with Crippen molar-refractivity contribution in [2.75, 3.05) is 33.5 Å². The molecule has 0 N–H and O–H groups in total. The highest BCUT2D eigenvalue weighted by molar-refractivity contribution is 5.97. The fourth-order valence-electron chi connectivity index (χ4n) is 6.80. The Hall–Kier alpha value is -4.39. The third kappa shape index (κ3) is 3.90. The van der Waals surface area contributed by atoms with Crippen LogP contribution in [0.2, 0.25) is 0 Å². The minimum Gasteiger partial charge on any atom is -0.496 e. The third-order valence-corrected chi connectivity index (χ3v) is 9.22. The number of benzene rings is 2. The number of nitriles is 1. The van der Waals surface area contributed by atoms with Crippen LogP contribution in [0.4, 0.5) is 0 Å². The topological polar surface area (TPSA) is 107 Å². The van der Waals surface area contributed by atoms with Crippen LogP contribution in [0.5, 0.6) is 11.5 Å². The van der Waals surface area contributed by atoms with Crippen LogP contribution in [0.3, 0.4) is 0 Å². The predicted molar refractivity (Wildman–Crippen MR) is 152 cm³/mol. The second kappa shape index (κ2) is 9.58. The van der Waals surface area contributed by atoms with E-state index in [1.165, 1.54) is 0 Å². The number of rotatable bonds is 6. The van der Waals surface area contributed by atoms with Gasteiger partial charge in [0.25, 0.3) is 5.91 Å². The molecule has 1 aliphatic carbocycles. The van der Waals surface area contributed by atoms with Crippen LogP contribution in [0.25, 0.3) is 33.6 Å². The number of nitrogens with zero attached hydrogens (tertiary/aromatic N) is 3. The summed E-state index contributed by atoms with van der Waals surface area (Å²) in [4.78, 5) is 19.9. The number of furan rings is 1. The predicted octanol–water partition coefficient (Wildman–Crippen LogP) is 5.21. The van der Waals surface area contributed by atoms with Gasteiger partial charge in [0.05, 0.1) is 49.7 Å². The Kier molecular flexibility index (Phi) is 5.78. The molecular weight excluding hydrogens is 534 g/mol. The van der Waals surface area contributed by atoms with Gasteiger partial charge in [-0.2, -0.15) is 5.26 Å². The molecule has 3 aliphatic heterocycles. The van der Waals surface area contributed by atoms with E-state index in [0.717, 1.165) is 42.5 Å². The van der Waals surface area contributed by atoms with Crippen LogP contribution >= 0.6 is 0 Å². The average molecular weight is 564 g/mol. The van der Waals surface area contributed by atoms with E-state index in [1.807, 2.05) is 47.4 Å². The normalized spacial score (nSPS) is 24.4. The minimum absolute atomic E-state index is 0.00540. The molecule has 2 aromatic carbocycles. The Morgan fingerprint density at radius 3 is 2.74 bits per heavy atom. The van der Waals surface area contributed by atoms with Crippen molar-refractivity contribution in [3.8, 4) is 40.0 Å². The summed E-state index contributed by atoms with van der Waals surface area (Å²) in [7, 11) is 1.59. The average Bonchev–Trinajstić information content (AvgIpc) is 3.54. The summed E-state index contributed by atoms with van der Waals surface area (Å²) in [5.41, 5.74) is 4.63. The van der Waals surface area contributed by atoms with Crippen LogP contribution in [-0.2, 0) is 9.47 Å². The molecule has 212 valence electrons. The van der Waals surface area contributed by atoms with Gasteiger partial charge in [0.15, 0.2) is 5.58 Å². The van der Waals surface area contributed by atoms with E-state index in [-0.39, 0.29) is 23.7 Å². The molecule has 5 heterocycles. The Labute approximate surface area is 242 Å². The van der Waals surface area contributed by atoms with E-state index >= 15 is 0 Å². The molecule has 0 bridgehead atoms. The first kappa shape index (κ1) is 25.3. The fraction of sp³-hybridized carbons (Fsp3) is 0.364. The molecular formula is C33H29N3O6. The fourth-order valence-corrected chi connectivity index (χ4v) is 6.80. The molecule has 3 saturated heterocycles. The molecule has 1 saturated carbocycles. The third-order valence-electron chi connectivity index (χ3n) is 9.22. The summed E-state index contributed by atoms with van der Waals surface area (Å²) < 4.78 is 29.5. The number of methoxy groups -OCH3 is 1. The highest BCUT2D eigenvalue weighted by Crippen LogP contribution is 2.61. The Morgan fingerprint density at radius 1 is 1.10 bits per heavy atom. The SMILES string of the molecule is COc1cc(C(=O)N2CC3CC34OCC24)ccc1-c1cc2nccc(-c3ccc(OC4CCOCC4)c(C#N)c3)c2o1. The number of piperidine rings is 1. The number of ether oxygens (including phenoxy) is 4. The van der Waals surface area contributed by atoms with Crippen LogP contribution < -0.4 is 9.47 Å². The summed E-state index contributed by atoms with van der Waals surface area (Å²) in [6, 6.07) is 17.3. The number of carbonyl (C=O) groups excluding carboxylic acids is 1. The summed E-state index contributed by atoms with van der Waals surface area (Å²) in [6.07, 6.45) is 4.45. The van der Waals surface area contributed by atoms with Gasteiger partial charge in [-0.25, -0.2) is 0 Å². The number of fused-ring (bicyclic) bond motifs is 1. The number of amides is 1. The van der Waals surface area contributed by atoms with Gasteiger partial charge in [-0.3, -0.25) is 9.78 Å². The van der Waals surface area contributed by atoms with Crippen molar-refractivity contribution in [3.05, 3.63) is 65.9 Å². The number of likely N-dealkylation sites (tertiary alicyclic amines) is 1. The van der Waals surface area contributed by atoms with Crippen LogP contribution in [0, 0.1) is 17.2 Å². The van der Waals surface area contributed by atoms with Gasteiger partial charge in [-0.15, -0.1) is 0 Å². The van der Waals surface area contributed by atoms with E-state index < -0.39 is 0 Å². The van der Waals surface area contributed by atoms with Crippen molar-refractivity contribution in [2.45, 2.75) is 37.0 Å². The molecule has 3 unspecified atom stereocenters. The van der Waals surface area contributed by atoms with Crippen molar-refractivity contribution in [3.63, 3.8) is 0 Å². The first-order valence-corrected chi connectivity index (χ1v) is 14.4. The van der Waals surface area contributed by atoms with Crippen molar-refractivity contribution < 1.29 is 28.2 Å². The Morgan fingerprint density at radius 2 is 1.98 bits per heavy atom.